The number of carbonyl (C=O) groups excluding carboxylic acids is 2. The van der Waals surface area contributed by atoms with Crippen LogP contribution in [0.4, 0.5) is 4.79 Å². The molecule has 1 fully saturated rings. The molecule has 1 heterocycles. The molecular formula is C15H18N2O2S. The summed E-state index contributed by atoms with van der Waals surface area (Å²) in [4.78, 5) is 25.1. The molecule has 3 amide bonds. The Bertz CT molecular complexity index is 502. The molecule has 0 radical (unpaired) electrons. The summed E-state index contributed by atoms with van der Waals surface area (Å²) in [5.74, 6) is 0.742. The number of rotatable bonds is 6. The van der Waals surface area contributed by atoms with Gasteiger partial charge in [0.1, 0.15) is 6.04 Å². The summed E-state index contributed by atoms with van der Waals surface area (Å²) in [6.45, 7) is 0.315. The first-order chi connectivity index (χ1) is 9.72. The monoisotopic (exact) mass is 290 g/mol. The number of benzene rings is 1. The van der Waals surface area contributed by atoms with E-state index in [1.54, 1.807) is 11.8 Å². The van der Waals surface area contributed by atoms with Crippen LogP contribution in [0.5, 0.6) is 0 Å². The van der Waals surface area contributed by atoms with Crippen LogP contribution in [0.1, 0.15) is 12.0 Å². The Morgan fingerprint density at radius 1 is 1.30 bits per heavy atom. The van der Waals surface area contributed by atoms with Gasteiger partial charge < -0.3 is 5.32 Å². The van der Waals surface area contributed by atoms with Crippen LogP contribution in [0.3, 0.4) is 0 Å². The van der Waals surface area contributed by atoms with Crippen molar-refractivity contribution in [3.8, 4) is 0 Å². The number of carbonyl (C=O) groups is 2. The highest BCUT2D eigenvalue weighted by molar-refractivity contribution is 7.98. The van der Waals surface area contributed by atoms with Gasteiger partial charge in [-0.25, -0.2) is 4.79 Å². The zero-order valence-corrected chi connectivity index (χ0v) is 12.2. The Hall–Kier alpha value is -1.75. The van der Waals surface area contributed by atoms with Crippen LogP contribution in [0.2, 0.25) is 0 Å². The van der Waals surface area contributed by atoms with Crippen LogP contribution in [0, 0.1) is 0 Å². The van der Waals surface area contributed by atoms with Crippen molar-refractivity contribution in [2.75, 3.05) is 18.6 Å². The lowest BCUT2D eigenvalue weighted by Gasteiger charge is -2.09. The van der Waals surface area contributed by atoms with Crippen molar-refractivity contribution >= 4 is 29.8 Å². The Morgan fingerprint density at radius 2 is 2.05 bits per heavy atom. The lowest BCUT2D eigenvalue weighted by atomic mass is 10.2. The summed E-state index contributed by atoms with van der Waals surface area (Å²) in [7, 11) is 0. The van der Waals surface area contributed by atoms with Gasteiger partial charge in [0.25, 0.3) is 5.91 Å². The average Bonchev–Trinajstić information content (AvgIpc) is 2.73. The number of imide groups is 1. The van der Waals surface area contributed by atoms with E-state index in [2.05, 4.69) is 5.32 Å². The molecule has 1 aromatic rings. The van der Waals surface area contributed by atoms with Crippen molar-refractivity contribution in [3.63, 3.8) is 0 Å². The predicted octanol–water partition coefficient (Wildman–Crippen LogP) is 2.37. The second-order valence-electron chi connectivity index (χ2n) is 4.55. The lowest BCUT2D eigenvalue weighted by molar-refractivity contribution is -0.127. The van der Waals surface area contributed by atoms with E-state index >= 15 is 0 Å². The highest BCUT2D eigenvalue weighted by atomic mass is 32.2. The number of hydrogen-bond acceptors (Lipinski definition) is 3. The van der Waals surface area contributed by atoms with E-state index in [0.29, 0.717) is 13.0 Å². The van der Waals surface area contributed by atoms with Crippen molar-refractivity contribution in [3.05, 3.63) is 42.0 Å². The second kappa shape index (κ2) is 7.14. The molecule has 1 aliphatic heterocycles. The molecule has 106 valence electrons. The van der Waals surface area contributed by atoms with Gasteiger partial charge in [0, 0.05) is 6.54 Å². The van der Waals surface area contributed by atoms with Crippen molar-refractivity contribution in [2.45, 2.75) is 12.5 Å². The summed E-state index contributed by atoms with van der Waals surface area (Å²) < 4.78 is 0. The summed E-state index contributed by atoms with van der Waals surface area (Å²) in [5, 5.41) is 2.73. The third-order valence-corrected chi connectivity index (χ3v) is 3.76. The van der Waals surface area contributed by atoms with Gasteiger partial charge in [-0.3, -0.25) is 9.69 Å². The van der Waals surface area contributed by atoms with Crippen LogP contribution < -0.4 is 5.32 Å². The van der Waals surface area contributed by atoms with Gasteiger partial charge >= 0.3 is 6.03 Å². The van der Waals surface area contributed by atoms with Crippen LogP contribution >= 0.6 is 11.8 Å². The fraction of sp³-hybridized carbons (Fsp3) is 0.333. The third kappa shape index (κ3) is 3.63. The molecule has 1 N–H and O–H groups in total. The molecule has 20 heavy (non-hydrogen) atoms. The van der Waals surface area contributed by atoms with Crippen LogP contribution in [-0.2, 0) is 4.79 Å². The Kier molecular flexibility index (Phi) is 5.24. The van der Waals surface area contributed by atoms with E-state index in [1.165, 1.54) is 4.90 Å². The van der Waals surface area contributed by atoms with Gasteiger partial charge in [-0.15, -0.1) is 0 Å². The van der Waals surface area contributed by atoms with E-state index in [9.17, 15) is 9.59 Å². The van der Waals surface area contributed by atoms with Crippen molar-refractivity contribution in [2.24, 2.45) is 0 Å². The van der Waals surface area contributed by atoms with E-state index in [4.69, 9.17) is 0 Å². The molecule has 0 aromatic heterocycles. The maximum Gasteiger partial charge on any atom is 0.325 e. The molecule has 1 aliphatic rings. The minimum Gasteiger partial charge on any atom is -0.326 e. The predicted molar refractivity (Wildman–Crippen MR) is 82.5 cm³/mol. The lowest BCUT2D eigenvalue weighted by Crippen LogP contribution is -2.31. The number of thioether (sulfide) groups is 1. The highest BCUT2D eigenvalue weighted by Crippen LogP contribution is 2.12. The molecule has 0 bridgehead atoms. The normalized spacial score (nSPS) is 18.9. The quantitative estimate of drug-likeness (QED) is 0.818. The number of amides is 3. The molecule has 2 rings (SSSR count). The zero-order valence-electron chi connectivity index (χ0n) is 11.4. The van der Waals surface area contributed by atoms with Crippen LogP contribution in [0.25, 0.3) is 6.08 Å². The zero-order chi connectivity index (χ0) is 14.4. The molecule has 0 spiro atoms. The van der Waals surface area contributed by atoms with Gasteiger partial charge in [-0.05, 0) is 24.0 Å². The molecular weight excluding hydrogens is 272 g/mol. The first-order valence-electron chi connectivity index (χ1n) is 6.55. The van der Waals surface area contributed by atoms with Gasteiger partial charge in [0.2, 0.25) is 0 Å². The fourth-order valence-corrected chi connectivity index (χ4v) is 2.51. The minimum atomic E-state index is -0.361. The molecule has 4 nitrogen and oxygen atoms in total. The summed E-state index contributed by atoms with van der Waals surface area (Å²) in [6, 6.07) is 9.15. The second-order valence-corrected chi connectivity index (χ2v) is 5.53. The number of urea groups is 1. The number of nitrogens with one attached hydrogen (secondary N) is 1. The van der Waals surface area contributed by atoms with E-state index in [-0.39, 0.29) is 18.0 Å². The maximum atomic E-state index is 12.1. The maximum absolute atomic E-state index is 12.1. The summed E-state index contributed by atoms with van der Waals surface area (Å²) >= 11 is 1.67. The van der Waals surface area contributed by atoms with Crippen molar-refractivity contribution in [1.29, 1.82) is 0 Å². The fourth-order valence-electron chi connectivity index (χ4n) is 2.04. The number of hydrogen-bond donors (Lipinski definition) is 1. The van der Waals surface area contributed by atoms with Crippen LogP contribution in [-0.4, -0.2) is 41.4 Å². The average molecular weight is 290 g/mol. The van der Waals surface area contributed by atoms with Gasteiger partial charge in [0.05, 0.1) is 0 Å². The Morgan fingerprint density at radius 3 is 2.75 bits per heavy atom. The SMILES string of the molecule is CSCCC1NC(=O)N(C/C=C/c2ccccc2)C1=O. The van der Waals surface area contributed by atoms with Crippen LogP contribution in [0.15, 0.2) is 36.4 Å². The van der Waals surface area contributed by atoms with E-state index in [1.807, 2.05) is 48.7 Å². The smallest absolute Gasteiger partial charge is 0.325 e. The first kappa shape index (κ1) is 14.7. The number of nitrogens with zero attached hydrogens (tertiary/aromatic N) is 1. The molecule has 0 aliphatic carbocycles. The molecule has 5 heteroatoms. The van der Waals surface area contributed by atoms with Gasteiger partial charge in [0.15, 0.2) is 0 Å². The molecule has 1 aromatic carbocycles. The Labute approximate surface area is 123 Å². The first-order valence-corrected chi connectivity index (χ1v) is 7.94. The van der Waals surface area contributed by atoms with E-state index in [0.717, 1.165) is 11.3 Å². The Balaban J connectivity index is 1.91. The summed E-state index contributed by atoms with van der Waals surface area (Å²) in [5.41, 5.74) is 1.05. The molecule has 1 saturated heterocycles. The molecule has 0 saturated carbocycles. The van der Waals surface area contributed by atoms with Crippen molar-refractivity contribution in [1.82, 2.24) is 10.2 Å². The van der Waals surface area contributed by atoms with E-state index < -0.39 is 0 Å². The van der Waals surface area contributed by atoms with Crippen molar-refractivity contribution < 1.29 is 9.59 Å². The third-order valence-electron chi connectivity index (χ3n) is 3.12. The standard InChI is InChI=1S/C15H18N2O2S/c1-20-11-9-13-14(18)17(15(19)16-13)10-5-8-12-6-3-2-4-7-12/h2-8,13H,9-11H2,1H3,(H,16,19)/b8-5+. The minimum absolute atomic E-state index is 0.123. The highest BCUT2D eigenvalue weighted by Gasteiger charge is 2.36. The topological polar surface area (TPSA) is 49.4 Å². The summed E-state index contributed by atoms with van der Waals surface area (Å²) in [6.07, 6.45) is 6.42. The molecule has 1 unspecified atom stereocenters. The van der Waals surface area contributed by atoms with Gasteiger partial charge in [-0.2, -0.15) is 11.8 Å². The largest absolute Gasteiger partial charge is 0.326 e. The van der Waals surface area contributed by atoms with Gasteiger partial charge in [-0.1, -0.05) is 42.5 Å². The molecule has 1 atom stereocenters.